The Morgan fingerprint density at radius 2 is 0.684 bits per heavy atom. The molecule has 0 saturated heterocycles. The second-order valence-electron chi connectivity index (χ2n) is 9.14. The average molecular weight is 487 g/mol. The summed E-state index contributed by atoms with van der Waals surface area (Å²) < 4.78 is 0. The molecule has 4 heteroatoms. The van der Waals surface area contributed by atoms with Crippen molar-refractivity contribution < 1.29 is 0 Å². The molecule has 0 N–H and O–H groups in total. The molecule has 7 rings (SSSR count). The van der Waals surface area contributed by atoms with Gasteiger partial charge in [0.2, 0.25) is 0 Å². The van der Waals surface area contributed by atoms with Gasteiger partial charge >= 0.3 is 0 Å². The molecule has 4 nitrogen and oxygen atoms in total. The summed E-state index contributed by atoms with van der Waals surface area (Å²) in [6.45, 7) is 0. The van der Waals surface area contributed by atoms with Crippen molar-refractivity contribution in [3.8, 4) is 45.0 Å². The van der Waals surface area contributed by atoms with Gasteiger partial charge in [-0.3, -0.25) is 19.9 Å². The molecule has 0 amide bonds. The first-order valence-corrected chi connectivity index (χ1v) is 12.6. The molecule has 0 fully saturated rings. The molecular formula is C34H22N4. The molecule has 178 valence electrons. The number of aromatic nitrogens is 4. The molecule has 0 bridgehead atoms. The van der Waals surface area contributed by atoms with Crippen LogP contribution < -0.4 is 0 Å². The monoisotopic (exact) mass is 486 g/mol. The Morgan fingerprint density at radius 3 is 1.00 bits per heavy atom. The number of rotatable bonds is 4. The minimum absolute atomic E-state index is 0.860. The Hall–Kier alpha value is -5.22. The van der Waals surface area contributed by atoms with Crippen molar-refractivity contribution in [2.24, 2.45) is 0 Å². The quantitative estimate of drug-likeness (QED) is 0.235. The zero-order valence-corrected chi connectivity index (χ0v) is 20.5. The van der Waals surface area contributed by atoms with E-state index in [1.165, 1.54) is 32.7 Å². The van der Waals surface area contributed by atoms with Crippen LogP contribution in [0.25, 0.3) is 66.6 Å². The smallest absolute Gasteiger partial charge is 0.0886 e. The third-order valence-electron chi connectivity index (χ3n) is 6.89. The lowest BCUT2D eigenvalue weighted by Crippen LogP contribution is -1.93. The van der Waals surface area contributed by atoms with E-state index in [2.05, 4.69) is 82.8 Å². The molecule has 0 aliphatic heterocycles. The standard InChI is InChI=1S/C34H22N4/c1-2-10-26-25(9-1)33(23-15-17-31(37-21-23)29-13-5-7-19-35-29)27-11-3-4-12-28(27)34(26)24-16-18-32(38-22-24)30-14-6-8-20-36-30/h1-22H. The summed E-state index contributed by atoms with van der Waals surface area (Å²) in [7, 11) is 0. The molecule has 0 radical (unpaired) electrons. The number of fused-ring (bicyclic) bond motifs is 2. The summed E-state index contributed by atoms with van der Waals surface area (Å²) in [5.41, 5.74) is 7.96. The fourth-order valence-corrected chi connectivity index (χ4v) is 5.17. The van der Waals surface area contributed by atoms with Gasteiger partial charge in [-0.25, -0.2) is 0 Å². The largest absolute Gasteiger partial charge is 0.255 e. The highest BCUT2D eigenvalue weighted by atomic mass is 14.8. The molecule has 4 heterocycles. The summed E-state index contributed by atoms with van der Waals surface area (Å²) in [5.74, 6) is 0. The van der Waals surface area contributed by atoms with Crippen molar-refractivity contribution in [2.75, 3.05) is 0 Å². The first kappa shape index (κ1) is 22.0. The predicted molar refractivity (Wildman–Crippen MR) is 154 cm³/mol. The van der Waals surface area contributed by atoms with Crippen molar-refractivity contribution in [2.45, 2.75) is 0 Å². The van der Waals surface area contributed by atoms with E-state index in [0.717, 1.165) is 33.9 Å². The molecule has 7 aromatic rings. The SMILES string of the molecule is c1ccc(-c2ccc(-c3c4ccccc4c(-c4ccc(-c5ccccn5)nc4)c4ccccc34)cn2)nc1. The molecule has 0 aliphatic rings. The Bertz CT molecular complexity index is 1680. The lowest BCUT2D eigenvalue weighted by atomic mass is 9.86. The summed E-state index contributed by atoms with van der Waals surface area (Å²) in [6.07, 6.45) is 7.51. The van der Waals surface area contributed by atoms with Gasteiger partial charge in [0.05, 0.1) is 22.8 Å². The Balaban J connectivity index is 1.43. The molecule has 0 unspecified atom stereocenters. The van der Waals surface area contributed by atoms with Crippen LogP contribution in [-0.4, -0.2) is 19.9 Å². The van der Waals surface area contributed by atoms with Crippen LogP contribution in [0.4, 0.5) is 0 Å². The molecule has 38 heavy (non-hydrogen) atoms. The highest BCUT2D eigenvalue weighted by molar-refractivity contribution is 6.21. The fourth-order valence-electron chi connectivity index (χ4n) is 5.17. The lowest BCUT2D eigenvalue weighted by molar-refractivity contribution is 1.25. The van der Waals surface area contributed by atoms with Gasteiger partial charge in [0.15, 0.2) is 0 Å². The van der Waals surface area contributed by atoms with Crippen LogP contribution >= 0.6 is 0 Å². The first-order chi connectivity index (χ1) is 18.9. The van der Waals surface area contributed by atoms with Gasteiger partial charge in [0.1, 0.15) is 0 Å². The Morgan fingerprint density at radius 1 is 0.316 bits per heavy atom. The van der Waals surface area contributed by atoms with Gasteiger partial charge in [-0.2, -0.15) is 0 Å². The van der Waals surface area contributed by atoms with Gasteiger partial charge in [-0.1, -0.05) is 72.8 Å². The van der Waals surface area contributed by atoms with E-state index in [0.29, 0.717) is 0 Å². The summed E-state index contributed by atoms with van der Waals surface area (Å²) in [4.78, 5) is 18.5. The molecule has 4 aromatic heterocycles. The molecule has 0 atom stereocenters. The third kappa shape index (κ3) is 3.80. The zero-order chi connectivity index (χ0) is 25.3. The van der Waals surface area contributed by atoms with Crippen molar-refractivity contribution in [3.05, 3.63) is 134 Å². The topological polar surface area (TPSA) is 51.6 Å². The maximum absolute atomic E-state index is 4.78. The van der Waals surface area contributed by atoms with E-state index in [9.17, 15) is 0 Å². The van der Waals surface area contributed by atoms with Crippen molar-refractivity contribution in [1.82, 2.24) is 19.9 Å². The van der Waals surface area contributed by atoms with Crippen molar-refractivity contribution in [3.63, 3.8) is 0 Å². The van der Waals surface area contributed by atoms with Crippen LogP contribution in [0, 0.1) is 0 Å². The number of hydrogen-bond acceptors (Lipinski definition) is 4. The van der Waals surface area contributed by atoms with Gasteiger partial charge in [-0.15, -0.1) is 0 Å². The zero-order valence-electron chi connectivity index (χ0n) is 20.5. The van der Waals surface area contributed by atoms with Gasteiger partial charge in [-0.05, 0) is 69.1 Å². The van der Waals surface area contributed by atoms with E-state index in [-0.39, 0.29) is 0 Å². The van der Waals surface area contributed by atoms with Crippen LogP contribution in [0.2, 0.25) is 0 Å². The van der Waals surface area contributed by atoms with Gasteiger partial charge in [0, 0.05) is 35.9 Å². The van der Waals surface area contributed by atoms with Crippen molar-refractivity contribution in [1.29, 1.82) is 0 Å². The van der Waals surface area contributed by atoms with E-state index >= 15 is 0 Å². The summed E-state index contributed by atoms with van der Waals surface area (Å²) >= 11 is 0. The van der Waals surface area contributed by atoms with Gasteiger partial charge < -0.3 is 0 Å². The Kier molecular flexibility index (Phi) is 5.41. The highest BCUT2D eigenvalue weighted by Gasteiger charge is 2.17. The maximum atomic E-state index is 4.78. The van der Waals surface area contributed by atoms with Crippen LogP contribution in [-0.2, 0) is 0 Å². The van der Waals surface area contributed by atoms with E-state index < -0.39 is 0 Å². The van der Waals surface area contributed by atoms with Crippen LogP contribution in [0.15, 0.2) is 134 Å². The number of pyridine rings is 4. The van der Waals surface area contributed by atoms with E-state index in [1.54, 1.807) is 12.4 Å². The first-order valence-electron chi connectivity index (χ1n) is 12.6. The minimum Gasteiger partial charge on any atom is -0.255 e. The Labute approximate surface area is 220 Å². The van der Waals surface area contributed by atoms with Gasteiger partial charge in [0.25, 0.3) is 0 Å². The van der Waals surface area contributed by atoms with E-state index in [1.807, 2.05) is 48.8 Å². The molecular weight excluding hydrogens is 464 g/mol. The molecule has 0 spiro atoms. The summed E-state index contributed by atoms with van der Waals surface area (Å²) in [5, 5.41) is 4.73. The van der Waals surface area contributed by atoms with Crippen LogP contribution in [0.5, 0.6) is 0 Å². The normalized spacial score (nSPS) is 11.2. The third-order valence-corrected chi connectivity index (χ3v) is 6.89. The van der Waals surface area contributed by atoms with Crippen LogP contribution in [0.1, 0.15) is 0 Å². The second-order valence-corrected chi connectivity index (χ2v) is 9.14. The molecule has 3 aromatic carbocycles. The molecule has 0 aliphatic carbocycles. The molecule has 0 saturated carbocycles. The number of nitrogens with zero attached hydrogens (tertiary/aromatic N) is 4. The highest BCUT2D eigenvalue weighted by Crippen LogP contribution is 2.43. The van der Waals surface area contributed by atoms with E-state index in [4.69, 9.17) is 9.97 Å². The second kappa shape index (κ2) is 9.34. The summed E-state index contributed by atoms with van der Waals surface area (Å²) in [6, 6.07) is 37.3. The predicted octanol–water partition coefficient (Wildman–Crippen LogP) is 8.24. The van der Waals surface area contributed by atoms with Crippen molar-refractivity contribution >= 4 is 21.5 Å². The van der Waals surface area contributed by atoms with Crippen LogP contribution in [0.3, 0.4) is 0 Å². The average Bonchev–Trinajstić information content (AvgIpc) is 3.01. The number of benzene rings is 3. The lowest BCUT2D eigenvalue weighted by Gasteiger charge is -2.17. The maximum Gasteiger partial charge on any atom is 0.0886 e. The fraction of sp³-hybridized carbons (Fsp3) is 0. The minimum atomic E-state index is 0.860. The number of hydrogen-bond donors (Lipinski definition) is 0.